The number of imidazole rings is 1. The molecule has 112 valence electrons. The molecule has 9 heteroatoms. The number of H-pyrrole nitrogens is 1. The molecule has 3 rings (SSSR count). The first kappa shape index (κ1) is 14.5. The summed E-state index contributed by atoms with van der Waals surface area (Å²) in [6.45, 7) is 1.84. The maximum absolute atomic E-state index is 12.1. The number of nitrogens with one attached hydrogen (secondary N) is 2. The Morgan fingerprint density at radius 3 is 2.91 bits per heavy atom. The van der Waals surface area contributed by atoms with Crippen LogP contribution in [0.2, 0.25) is 4.34 Å². The lowest BCUT2D eigenvalue weighted by Crippen LogP contribution is -2.09. The molecule has 0 bridgehead atoms. The summed E-state index contributed by atoms with van der Waals surface area (Å²) < 4.78 is -0.0187. The topological polar surface area (TPSA) is 101 Å². The largest absolute Gasteiger partial charge is 0.342 e. The van der Waals surface area contributed by atoms with E-state index in [4.69, 9.17) is 11.6 Å². The van der Waals surface area contributed by atoms with Crippen molar-refractivity contribution in [2.24, 2.45) is 0 Å². The highest BCUT2D eigenvalue weighted by Gasteiger charge is 2.21. The van der Waals surface area contributed by atoms with Crippen LogP contribution in [0.4, 0.5) is 11.4 Å². The van der Waals surface area contributed by atoms with Crippen LogP contribution in [-0.2, 0) is 0 Å². The monoisotopic (exact) mass is 336 g/mol. The van der Waals surface area contributed by atoms with Gasteiger partial charge in [-0.1, -0.05) is 11.6 Å². The summed E-state index contributed by atoms with van der Waals surface area (Å²) in [6.07, 6.45) is 0. The van der Waals surface area contributed by atoms with Crippen molar-refractivity contribution in [1.82, 2.24) is 9.97 Å². The van der Waals surface area contributed by atoms with E-state index in [1.54, 1.807) is 18.2 Å². The van der Waals surface area contributed by atoms with Crippen LogP contribution < -0.4 is 5.32 Å². The van der Waals surface area contributed by atoms with E-state index >= 15 is 0 Å². The summed E-state index contributed by atoms with van der Waals surface area (Å²) >= 11 is 6.62. The number of carbonyl (C=O) groups is 1. The molecule has 1 aromatic carbocycles. The Hall–Kier alpha value is -2.45. The fraction of sp³-hybridized carbons (Fsp3) is 0.0769. The number of aromatic amines is 1. The first-order chi connectivity index (χ1) is 10.4. The Morgan fingerprint density at radius 1 is 1.45 bits per heavy atom. The molecule has 7 nitrogen and oxygen atoms in total. The number of rotatable bonds is 3. The van der Waals surface area contributed by atoms with Crippen LogP contribution >= 0.6 is 22.9 Å². The van der Waals surface area contributed by atoms with Gasteiger partial charge in [-0.2, -0.15) is 0 Å². The summed E-state index contributed by atoms with van der Waals surface area (Å²) in [5.74, 6) is 0.328. The number of thiophene rings is 1. The van der Waals surface area contributed by atoms with E-state index in [-0.39, 0.29) is 14.9 Å². The van der Waals surface area contributed by atoms with Gasteiger partial charge in [0.1, 0.15) is 10.7 Å². The van der Waals surface area contributed by atoms with Gasteiger partial charge in [0.05, 0.1) is 16.0 Å². The minimum absolute atomic E-state index is 0.0187. The van der Waals surface area contributed by atoms with Crippen LogP contribution in [0.1, 0.15) is 15.5 Å². The first-order valence-electron chi connectivity index (χ1n) is 6.15. The molecule has 22 heavy (non-hydrogen) atoms. The average molecular weight is 337 g/mol. The summed E-state index contributed by atoms with van der Waals surface area (Å²) in [5.41, 5.74) is 1.89. The predicted molar refractivity (Wildman–Crippen MR) is 84.8 cm³/mol. The van der Waals surface area contributed by atoms with Crippen molar-refractivity contribution < 1.29 is 9.72 Å². The zero-order chi connectivity index (χ0) is 15.9. The molecule has 0 radical (unpaired) electrons. The molecule has 1 amide bonds. The third-order valence-electron chi connectivity index (χ3n) is 2.95. The van der Waals surface area contributed by atoms with Gasteiger partial charge in [0.25, 0.3) is 11.6 Å². The van der Waals surface area contributed by atoms with Crippen LogP contribution in [0.3, 0.4) is 0 Å². The van der Waals surface area contributed by atoms with Gasteiger partial charge in [0, 0.05) is 11.8 Å². The maximum Gasteiger partial charge on any atom is 0.299 e. The van der Waals surface area contributed by atoms with Crippen LogP contribution in [0.5, 0.6) is 0 Å². The second-order valence-corrected chi connectivity index (χ2v) is 6.19. The van der Waals surface area contributed by atoms with Gasteiger partial charge < -0.3 is 10.3 Å². The summed E-state index contributed by atoms with van der Waals surface area (Å²) in [6, 6.07) is 6.40. The Kier molecular flexibility index (Phi) is 3.55. The fourth-order valence-electron chi connectivity index (χ4n) is 2.00. The Morgan fingerprint density at radius 2 is 2.23 bits per heavy atom. The number of aromatic nitrogens is 2. The highest BCUT2D eigenvalue weighted by Crippen LogP contribution is 2.34. The van der Waals surface area contributed by atoms with Crippen LogP contribution in [0.25, 0.3) is 11.0 Å². The average Bonchev–Trinajstić information content (AvgIpc) is 3.00. The Bertz CT molecular complexity index is 902. The molecular formula is C13H9ClN4O3S. The van der Waals surface area contributed by atoms with Gasteiger partial charge >= 0.3 is 0 Å². The number of hydrogen-bond donors (Lipinski definition) is 2. The third kappa shape index (κ3) is 2.66. The molecule has 2 N–H and O–H groups in total. The number of halogens is 1. The van der Waals surface area contributed by atoms with Crippen molar-refractivity contribution in [3.63, 3.8) is 0 Å². The number of carbonyl (C=O) groups excluding carboxylic acids is 1. The molecule has 0 aliphatic rings. The van der Waals surface area contributed by atoms with Crippen LogP contribution in [-0.4, -0.2) is 20.8 Å². The quantitative estimate of drug-likeness (QED) is 0.561. The van der Waals surface area contributed by atoms with E-state index in [2.05, 4.69) is 15.3 Å². The van der Waals surface area contributed by atoms with Gasteiger partial charge in [-0.05, 0) is 25.1 Å². The Labute approximate surface area is 133 Å². The molecule has 2 aromatic heterocycles. The smallest absolute Gasteiger partial charge is 0.299 e. The zero-order valence-electron chi connectivity index (χ0n) is 11.2. The maximum atomic E-state index is 12.1. The van der Waals surface area contributed by atoms with Gasteiger partial charge in [-0.25, -0.2) is 4.98 Å². The number of hydrogen-bond acceptors (Lipinski definition) is 5. The second kappa shape index (κ2) is 5.39. The predicted octanol–water partition coefficient (Wildman–Crippen LogP) is 3.75. The van der Waals surface area contributed by atoms with E-state index in [1.165, 1.54) is 6.07 Å². The SMILES string of the molecule is Cc1nc2ccc(NC(=O)c3cc([N+](=O)[O-])c(Cl)s3)cc2[nH]1. The van der Waals surface area contributed by atoms with Gasteiger partial charge in [-0.3, -0.25) is 14.9 Å². The fourth-order valence-corrected chi connectivity index (χ4v) is 3.12. The highest BCUT2D eigenvalue weighted by molar-refractivity contribution is 7.18. The van der Waals surface area contributed by atoms with E-state index < -0.39 is 10.8 Å². The molecule has 0 unspecified atom stereocenters. The molecular weight excluding hydrogens is 328 g/mol. The molecule has 0 aliphatic carbocycles. The summed E-state index contributed by atoms with van der Waals surface area (Å²) in [7, 11) is 0. The Balaban J connectivity index is 1.86. The molecule has 0 aliphatic heterocycles. The number of amides is 1. The number of benzene rings is 1. The summed E-state index contributed by atoms with van der Waals surface area (Å²) in [5, 5.41) is 13.4. The first-order valence-corrected chi connectivity index (χ1v) is 7.35. The van der Waals surface area contributed by atoms with Crippen LogP contribution in [0, 0.1) is 17.0 Å². The number of fused-ring (bicyclic) bond motifs is 1. The van der Waals surface area contributed by atoms with Gasteiger partial charge in [0.2, 0.25) is 0 Å². The van der Waals surface area contributed by atoms with E-state index in [9.17, 15) is 14.9 Å². The molecule has 0 saturated heterocycles. The van der Waals surface area contributed by atoms with Crippen molar-refractivity contribution >= 4 is 51.3 Å². The molecule has 0 spiro atoms. The third-order valence-corrected chi connectivity index (χ3v) is 4.28. The number of nitro groups is 1. The minimum Gasteiger partial charge on any atom is -0.342 e. The molecule has 3 aromatic rings. The second-order valence-electron chi connectivity index (χ2n) is 4.53. The number of aryl methyl sites for hydroxylation is 1. The lowest BCUT2D eigenvalue weighted by Gasteiger charge is -2.02. The molecule has 0 saturated carbocycles. The molecule has 0 fully saturated rings. The van der Waals surface area contributed by atoms with Crippen molar-refractivity contribution in [3.05, 3.63) is 49.4 Å². The van der Waals surface area contributed by atoms with Crippen molar-refractivity contribution in [2.45, 2.75) is 6.92 Å². The zero-order valence-corrected chi connectivity index (χ0v) is 12.8. The lowest BCUT2D eigenvalue weighted by molar-refractivity contribution is -0.384. The summed E-state index contributed by atoms with van der Waals surface area (Å²) in [4.78, 5) is 29.8. The highest BCUT2D eigenvalue weighted by atomic mass is 35.5. The van der Waals surface area contributed by atoms with E-state index in [1.807, 2.05) is 6.92 Å². The molecule has 2 heterocycles. The van der Waals surface area contributed by atoms with Crippen LogP contribution in [0.15, 0.2) is 24.3 Å². The number of nitrogens with zero attached hydrogens (tertiary/aromatic N) is 2. The van der Waals surface area contributed by atoms with Crippen molar-refractivity contribution in [1.29, 1.82) is 0 Å². The van der Waals surface area contributed by atoms with Gasteiger partial charge in [-0.15, -0.1) is 11.3 Å². The number of anilines is 1. The van der Waals surface area contributed by atoms with Gasteiger partial charge in [0.15, 0.2) is 4.34 Å². The van der Waals surface area contributed by atoms with E-state index in [0.29, 0.717) is 5.69 Å². The standard InChI is InChI=1S/C13H9ClN4O3S/c1-6-15-8-3-2-7(4-9(8)16-6)17-13(19)11-5-10(18(20)21)12(14)22-11/h2-5H,1H3,(H,15,16)(H,17,19). The van der Waals surface area contributed by atoms with Crippen molar-refractivity contribution in [3.8, 4) is 0 Å². The lowest BCUT2D eigenvalue weighted by atomic mass is 10.2. The molecule has 0 atom stereocenters. The normalized spacial score (nSPS) is 10.8. The van der Waals surface area contributed by atoms with E-state index in [0.717, 1.165) is 28.2 Å². The van der Waals surface area contributed by atoms with Crippen molar-refractivity contribution in [2.75, 3.05) is 5.32 Å². The minimum atomic E-state index is -0.616.